The van der Waals surface area contributed by atoms with Crippen LogP contribution in [0.3, 0.4) is 0 Å². The zero-order chi connectivity index (χ0) is 24.3. The van der Waals surface area contributed by atoms with Crippen LogP contribution in [0, 0.1) is 11.3 Å². The van der Waals surface area contributed by atoms with E-state index in [1.807, 2.05) is 11.9 Å². The molecule has 2 fully saturated rings. The van der Waals surface area contributed by atoms with Crippen molar-refractivity contribution in [3.05, 3.63) is 30.4 Å². The minimum atomic E-state index is -0.616. The fourth-order valence-electron chi connectivity index (χ4n) is 5.29. The third-order valence-electron chi connectivity index (χ3n) is 7.46. The third kappa shape index (κ3) is 5.15. The van der Waals surface area contributed by atoms with Crippen molar-refractivity contribution in [1.29, 1.82) is 0 Å². The molecule has 0 radical (unpaired) electrons. The van der Waals surface area contributed by atoms with Gasteiger partial charge in [-0.05, 0) is 32.1 Å². The van der Waals surface area contributed by atoms with Gasteiger partial charge in [0.1, 0.15) is 5.69 Å². The normalized spacial score (nSPS) is 26.5. The minimum Gasteiger partial charge on any atom is -0.351 e. The Morgan fingerprint density at radius 2 is 1.88 bits per heavy atom. The quantitative estimate of drug-likeness (QED) is 0.579. The first-order valence-corrected chi connectivity index (χ1v) is 12.0. The highest BCUT2D eigenvalue weighted by atomic mass is 16.2. The van der Waals surface area contributed by atoms with E-state index in [4.69, 9.17) is 0 Å². The minimum absolute atomic E-state index is 0.0199. The topological polar surface area (TPSA) is 117 Å². The number of nitrogens with zero attached hydrogens (tertiary/aromatic N) is 4. The number of piperidine rings is 2. The number of likely N-dealkylation sites (tertiary alicyclic amines) is 2. The van der Waals surface area contributed by atoms with Crippen molar-refractivity contribution in [2.45, 2.75) is 45.1 Å². The van der Waals surface area contributed by atoms with Gasteiger partial charge < -0.3 is 25.0 Å². The Bertz CT molecular complexity index is 978. The molecule has 34 heavy (non-hydrogen) atoms. The second-order valence-corrected chi connectivity index (χ2v) is 9.78. The predicted molar refractivity (Wildman–Crippen MR) is 124 cm³/mol. The summed E-state index contributed by atoms with van der Waals surface area (Å²) in [6, 6.07) is -0.0611. The predicted octanol–water partition coefficient (Wildman–Crippen LogP) is 0.462. The molecule has 10 nitrogen and oxygen atoms in total. The number of aryl methyl sites for hydroxylation is 1. The van der Waals surface area contributed by atoms with Crippen molar-refractivity contribution in [2.75, 3.05) is 32.7 Å². The van der Waals surface area contributed by atoms with Crippen LogP contribution in [-0.2, 0) is 21.4 Å². The first-order valence-electron chi connectivity index (χ1n) is 12.0. The van der Waals surface area contributed by atoms with E-state index in [2.05, 4.69) is 27.8 Å². The summed E-state index contributed by atoms with van der Waals surface area (Å²) < 4.78 is 1.75. The van der Waals surface area contributed by atoms with Gasteiger partial charge in [0.25, 0.3) is 5.91 Å². The van der Waals surface area contributed by atoms with Gasteiger partial charge in [-0.1, -0.05) is 12.2 Å². The molecule has 3 aliphatic heterocycles. The Morgan fingerprint density at radius 1 is 1.12 bits per heavy atom. The molecule has 4 rings (SSSR count). The number of nitrogens with one attached hydrogen (secondary N) is 2. The Kier molecular flexibility index (Phi) is 7.04. The summed E-state index contributed by atoms with van der Waals surface area (Å²) in [5, 5.41) is 5.91. The maximum absolute atomic E-state index is 13.1. The summed E-state index contributed by atoms with van der Waals surface area (Å²) in [5.74, 6) is -0.334. The van der Waals surface area contributed by atoms with Crippen LogP contribution in [0.5, 0.6) is 0 Å². The van der Waals surface area contributed by atoms with E-state index in [0.29, 0.717) is 64.0 Å². The van der Waals surface area contributed by atoms with E-state index in [0.717, 1.165) is 0 Å². The van der Waals surface area contributed by atoms with Crippen LogP contribution in [0.25, 0.3) is 0 Å². The van der Waals surface area contributed by atoms with Crippen molar-refractivity contribution < 1.29 is 19.2 Å². The van der Waals surface area contributed by atoms with Crippen LogP contribution in [0.15, 0.2) is 24.7 Å². The van der Waals surface area contributed by atoms with Crippen LogP contribution >= 0.6 is 0 Å². The molecular formula is C24H34N6O4. The zero-order valence-electron chi connectivity index (χ0n) is 20.0. The second kappa shape index (κ2) is 9.99. The number of rotatable bonds is 1. The molecule has 2 N–H and O–H groups in total. The number of aromatic nitrogens is 2. The summed E-state index contributed by atoms with van der Waals surface area (Å²) in [4.78, 5) is 58.2. The van der Waals surface area contributed by atoms with Gasteiger partial charge in [-0.15, -0.1) is 0 Å². The summed E-state index contributed by atoms with van der Waals surface area (Å²) >= 11 is 0. The Balaban J connectivity index is 1.47. The maximum Gasteiger partial charge on any atom is 0.274 e. The van der Waals surface area contributed by atoms with Crippen molar-refractivity contribution in [2.24, 2.45) is 18.4 Å². The first kappa shape index (κ1) is 24.0. The van der Waals surface area contributed by atoms with Crippen molar-refractivity contribution in [1.82, 2.24) is 30.0 Å². The van der Waals surface area contributed by atoms with E-state index in [-0.39, 0.29) is 42.1 Å². The van der Waals surface area contributed by atoms with E-state index in [9.17, 15) is 19.2 Å². The summed E-state index contributed by atoms with van der Waals surface area (Å²) in [6.45, 7) is 3.64. The molecule has 0 unspecified atom stereocenters. The molecule has 2 saturated heterocycles. The summed E-state index contributed by atoms with van der Waals surface area (Å²) in [7, 11) is 1.83. The molecule has 3 aliphatic rings. The van der Waals surface area contributed by atoms with Gasteiger partial charge in [-0.2, -0.15) is 0 Å². The lowest BCUT2D eigenvalue weighted by molar-refractivity contribution is -0.140. The number of fused-ring (bicyclic) bond motifs is 1. The lowest BCUT2D eigenvalue weighted by atomic mass is 9.74. The van der Waals surface area contributed by atoms with Crippen LogP contribution in [0.1, 0.15) is 49.5 Å². The number of imidazole rings is 1. The van der Waals surface area contributed by atoms with Gasteiger partial charge in [0, 0.05) is 58.3 Å². The lowest BCUT2D eigenvalue weighted by Crippen LogP contribution is -2.55. The SMILES string of the molecule is CC(=O)N1CCC2(C/C=C/C[C@H]3CN(C(=O)c4cn(C)cn4)CC[C@H]3NC(=O)CNC2=O)CC1. The van der Waals surface area contributed by atoms with Gasteiger partial charge in [0.15, 0.2) is 0 Å². The van der Waals surface area contributed by atoms with Gasteiger partial charge in [-0.25, -0.2) is 4.98 Å². The van der Waals surface area contributed by atoms with Crippen LogP contribution in [-0.4, -0.2) is 81.7 Å². The molecule has 1 aromatic heterocycles. The average molecular weight is 471 g/mol. The molecule has 0 aromatic carbocycles. The maximum atomic E-state index is 13.1. The van der Waals surface area contributed by atoms with E-state index in [1.54, 1.807) is 28.9 Å². The second-order valence-electron chi connectivity index (χ2n) is 9.78. The standard InChI is InChI=1S/C24H34N6O4/c1-17(31)29-11-8-24(9-12-29)7-4-3-5-18-14-30(22(33)20-15-28(2)16-26-20)10-6-19(18)27-21(32)13-25-23(24)34/h3-4,15-16,18-19H,5-14H2,1-2H3,(H,25,34)(H,27,32)/b4-3+/t18-,19+/m0/s1. The smallest absolute Gasteiger partial charge is 0.274 e. The van der Waals surface area contributed by atoms with Crippen LogP contribution < -0.4 is 10.6 Å². The fraction of sp³-hybridized carbons (Fsp3) is 0.625. The lowest BCUT2D eigenvalue weighted by Gasteiger charge is -2.41. The van der Waals surface area contributed by atoms with E-state index >= 15 is 0 Å². The highest BCUT2D eigenvalue weighted by molar-refractivity contribution is 5.92. The van der Waals surface area contributed by atoms with Gasteiger partial charge >= 0.3 is 0 Å². The van der Waals surface area contributed by atoms with Gasteiger partial charge in [0.05, 0.1) is 18.3 Å². The molecule has 0 bridgehead atoms. The number of amides is 4. The Hall–Kier alpha value is -3.17. The van der Waals surface area contributed by atoms with Crippen LogP contribution in [0.2, 0.25) is 0 Å². The average Bonchev–Trinajstić information content (AvgIpc) is 3.26. The molecule has 184 valence electrons. The molecule has 0 saturated carbocycles. The first-order chi connectivity index (χ1) is 16.3. The molecular weight excluding hydrogens is 436 g/mol. The molecule has 2 atom stereocenters. The Labute approximate surface area is 199 Å². The molecule has 1 spiro atoms. The zero-order valence-corrected chi connectivity index (χ0v) is 20.0. The van der Waals surface area contributed by atoms with Crippen LogP contribution in [0.4, 0.5) is 0 Å². The van der Waals surface area contributed by atoms with E-state index in [1.165, 1.54) is 0 Å². The molecule has 10 heteroatoms. The highest BCUT2D eigenvalue weighted by Gasteiger charge is 2.41. The largest absolute Gasteiger partial charge is 0.351 e. The highest BCUT2D eigenvalue weighted by Crippen LogP contribution is 2.36. The molecule has 1 aromatic rings. The van der Waals surface area contributed by atoms with Crippen molar-refractivity contribution >= 4 is 23.6 Å². The fourth-order valence-corrected chi connectivity index (χ4v) is 5.29. The number of carbonyl (C=O) groups excluding carboxylic acids is 4. The summed E-state index contributed by atoms with van der Waals surface area (Å²) in [5.41, 5.74) is -0.190. The molecule has 4 amide bonds. The third-order valence-corrected chi connectivity index (χ3v) is 7.46. The monoisotopic (exact) mass is 470 g/mol. The van der Waals surface area contributed by atoms with Gasteiger partial charge in [-0.3, -0.25) is 19.2 Å². The molecule has 4 heterocycles. The number of carbonyl (C=O) groups is 4. The number of hydrogen-bond acceptors (Lipinski definition) is 5. The van der Waals surface area contributed by atoms with Gasteiger partial charge in [0.2, 0.25) is 17.7 Å². The molecule has 0 aliphatic carbocycles. The number of hydrogen-bond donors (Lipinski definition) is 2. The van der Waals surface area contributed by atoms with Crippen molar-refractivity contribution in [3.8, 4) is 0 Å². The van der Waals surface area contributed by atoms with Crippen molar-refractivity contribution in [3.63, 3.8) is 0 Å². The Morgan fingerprint density at radius 3 is 2.56 bits per heavy atom. The number of allylic oxidation sites excluding steroid dienone is 2. The van der Waals surface area contributed by atoms with E-state index < -0.39 is 5.41 Å². The summed E-state index contributed by atoms with van der Waals surface area (Å²) in [6.07, 6.45) is 10.5.